The fraction of sp³-hybridized carbons (Fsp3) is 0.462. The van der Waals surface area contributed by atoms with E-state index >= 15 is 0 Å². The molecule has 100 valence electrons. The van der Waals surface area contributed by atoms with Gasteiger partial charge in [-0.3, -0.25) is 4.79 Å². The third kappa shape index (κ3) is 4.84. The predicted molar refractivity (Wildman–Crippen MR) is 76.4 cm³/mol. The number of carbonyl (C=O) groups excluding carboxylic acids is 1. The van der Waals surface area contributed by atoms with Gasteiger partial charge in [0.1, 0.15) is 0 Å². The Morgan fingerprint density at radius 1 is 1.50 bits per heavy atom. The van der Waals surface area contributed by atoms with E-state index in [1.165, 1.54) is 0 Å². The fourth-order valence-corrected chi connectivity index (χ4v) is 2.30. The Kier molecular flexibility index (Phi) is 6.47. The first-order valence-electron chi connectivity index (χ1n) is 5.98. The van der Waals surface area contributed by atoms with Gasteiger partial charge in [-0.2, -0.15) is 0 Å². The first-order valence-corrected chi connectivity index (χ1v) is 6.36. The number of amides is 1. The fourth-order valence-electron chi connectivity index (χ4n) is 2.09. The number of halogens is 2. The van der Waals surface area contributed by atoms with Gasteiger partial charge < -0.3 is 10.6 Å². The minimum absolute atomic E-state index is 0. The molecule has 2 N–H and O–H groups in total. The van der Waals surface area contributed by atoms with Gasteiger partial charge in [0.15, 0.2) is 0 Å². The van der Waals surface area contributed by atoms with Gasteiger partial charge in [-0.05, 0) is 37.1 Å². The summed E-state index contributed by atoms with van der Waals surface area (Å²) in [5.74, 6) is 0.0703. The summed E-state index contributed by atoms with van der Waals surface area (Å²) in [5.41, 5.74) is 0.957. The standard InChI is InChI=1S/C13H17ClN2O.ClH/c14-11-4-1-3-10(7-11)8-13(17)16-12-5-2-6-15-9-12;/h1,3-4,7,12,15H,2,5-6,8-9H2,(H,16,17);1H/t12-;/m0./s1. The Bertz CT molecular complexity index is 392. The summed E-state index contributed by atoms with van der Waals surface area (Å²) < 4.78 is 0. The second-order valence-electron chi connectivity index (χ2n) is 4.42. The van der Waals surface area contributed by atoms with Crippen LogP contribution in [0.1, 0.15) is 18.4 Å². The van der Waals surface area contributed by atoms with Crippen LogP contribution in [-0.2, 0) is 11.2 Å². The van der Waals surface area contributed by atoms with Gasteiger partial charge in [0.2, 0.25) is 5.91 Å². The summed E-state index contributed by atoms with van der Waals surface area (Å²) in [7, 11) is 0. The Labute approximate surface area is 119 Å². The van der Waals surface area contributed by atoms with Crippen molar-refractivity contribution in [2.45, 2.75) is 25.3 Å². The number of rotatable bonds is 3. The summed E-state index contributed by atoms with van der Waals surface area (Å²) in [6.45, 7) is 1.93. The van der Waals surface area contributed by atoms with Gasteiger partial charge in [-0.25, -0.2) is 0 Å². The molecule has 0 radical (unpaired) electrons. The molecule has 1 aromatic rings. The second kappa shape index (κ2) is 7.62. The minimum atomic E-state index is 0. The molecule has 0 unspecified atom stereocenters. The average Bonchev–Trinajstić information content (AvgIpc) is 2.30. The van der Waals surface area contributed by atoms with E-state index in [9.17, 15) is 4.79 Å². The van der Waals surface area contributed by atoms with Gasteiger partial charge in [0.25, 0.3) is 0 Å². The van der Waals surface area contributed by atoms with Gasteiger partial charge in [-0.1, -0.05) is 23.7 Å². The SMILES string of the molecule is Cl.O=C(Cc1cccc(Cl)c1)N[C@H]1CCCNC1. The lowest BCUT2D eigenvalue weighted by Crippen LogP contribution is -2.46. The Morgan fingerprint density at radius 2 is 2.33 bits per heavy atom. The molecule has 1 aromatic carbocycles. The molecule has 0 aromatic heterocycles. The number of nitrogens with one attached hydrogen (secondary N) is 2. The minimum Gasteiger partial charge on any atom is -0.352 e. The molecule has 3 nitrogen and oxygen atoms in total. The van der Waals surface area contributed by atoms with Gasteiger partial charge in [0.05, 0.1) is 6.42 Å². The zero-order valence-corrected chi connectivity index (χ0v) is 11.7. The highest BCUT2D eigenvalue weighted by Crippen LogP contribution is 2.11. The molecule has 0 spiro atoms. The molecule has 1 aliphatic heterocycles. The first-order chi connectivity index (χ1) is 8.24. The molecule has 1 saturated heterocycles. The summed E-state index contributed by atoms with van der Waals surface area (Å²) in [5, 5.41) is 7.00. The van der Waals surface area contributed by atoms with Crippen molar-refractivity contribution in [2.24, 2.45) is 0 Å². The molecule has 18 heavy (non-hydrogen) atoms. The third-order valence-electron chi connectivity index (χ3n) is 2.92. The summed E-state index contributed by atoms with van der Waals surface area (Å²) >= 11 is 5.88. The van der Waals surface area contributed by atoms with Crippen molar-refractivity contribution in [1.29, 1.82) is 0 Å². The van der Waals surface area contributed by atoms with E-state index in [-0.39, 0.29) is 24.4 Å². The van der Waals surface area contributed by atoms with Crippen molar-refractivity contribution in [3.05, 3.63) is 34.9 Å². The van der Waals surface area contributed by atoms with E-state index in [1.54, 1.807) is 0 Å². The molecule has 2 rings (SSSR count). The van der Waals surface area contributed by atoms with Crippen LogP contribution in [0.5, 0.6) is 0 Å². The Balaban J connectivity index is 0.00000162. The maximum Gasteiger partial charge on any atom is 0.224 e. The summed E-state index contributed by atoms with van der Waals surface area (Å²) in [6, 6.07) is 7.71. The molecule has 1 atom stereocenters. The zero-order chi connectivity index (χ0) is 12.1. The van der Waals surface area contributed by atoms with E-state index in [0.29, 0.717) is 11.4 Å². The van der Waals surface area contributed by atoms with Gasteiger partial charge in [-0.15, -0.1) is 12.4 Å². The normalized spacial score (nSPS) is 18.8. The van der Waals surface area contributed by atoms with E-state index < -0.39 is 0 Å². The predicted octanol–water partition coefficient (Wildman–Crippen LogP) is 2.17. The Hall–Kier alpha value is -0.770. The number of hydrogen-bond acceptors (Lipinski definition) is 2. The Morgan fingerprint density at radius 3 is 3.00 bits per heavy atom. The van der Waals surface area contributed by atoms with E-state index in [2.05, 4.69) is 10.6 Å². The topological polar surface area (TPSA) is 41.1 Å². The van der Waals surface area contributed by atoms with Crippen LogP contribution in [0.2, 0.25) is 5.02 Å². The number of carbonyl (C=O) groups is 1. The van der Waals surface area contributed by atoms with Crippen LogP contribution in [0, 0.1) is 0 Å². The highest BCUT2D eigenvalue weighted by atomic mass is 35.5. The molecular formula is C13H18Cl2N2O. The van der Waals surface area contributed by atoms with Crippen LogP contribution in [0.25, 0.3) is 0 Å². The van der Waals surface area contributed by atoms with E-state index in [4.69, 9.17) is 11.6 Å². The molecule has 0 bridgehead atoms. The quantitative estimate of drug-likeness (QED) is 0.895. The lowest BCUT2D eigenvalue weighted by atomic mass is 10.1. The molecule has 1 heterocycles. The highest BCUT2D eigenvalue weighted by molar-refractivity contribution is 6.30. The van der Waals surface area contributed by atoms with Crippen LogP contribution in [0.4, 0.5) is 0 Å². The summed E-state index contributed by atoms with van der Waals surface area (Å²) in [4.78, 5) is 11.8. The van der Waals surface area contributed by atoms with Crippen molar-refractivity contribution < 1.29 is 4.79 Å². The van der Waals surface area contributed by atoms with Crippen molar-refractivity contribution in [3.8, 4) is 0 Å². The van der Waals surface area contributed by atoms with Crippen LogP contribution < -0.4 is 10.6 Å². The molecule has 0 aliphatic carbocycles. The molecular weight excluding hydrogens is 271 g/mol. The van der Waals surface area contributed by atoms with Crippen molar-refractivity contribution in [1.82, 2.24) is 10.6 Å². The highest BCUT2D eigenvalue weighted by Gasteiger charge is 2.15. The molecule has 0 saturated carbocycles. The lowest BCUT2D eigenvalue weighted by Gasteiger charge is -2.23. The molecule has 5 heteroatoms. The van der Waals surface area contributed by atoms with Crippen LogP contribution in [0.15, 0.2) is 24.3 Å². The van der Waals surface area contributed by atoms with Crippen molar-refractivity contribution >= 4 is 29.9 Å². The smallest absolute Gasteiger partial charge is 0.224 e. The number of piperidine rings is 1. The first kappa shape index (κ1) is 15.3. The molecule has 1 amide bonds. The van der Waals surface area contributed by atoms with Crippen LogP contribution in [0.3, 0.4) is 0 Å². The zero-order valence-electron chi connectivity index (χ0n) is 10.1. The van der Waals surface area contributed by atoms with E-state index in [1.807, 2.05) is 24.3 Å². The number of benzene rings is 1. The van der Waals surface area contributed by atoms with Crippen molar-refractivity contribution in [2.75, 3.05) is 13.1 Å². The largest absolute Gasteiger partial charge is 0.352 e. The monoisotopic (exact) mass is 288 g/mol. The van der Waals surface area contributed by atoms with Gasteiger partial charge >= 0.3 is 0 Å². The maximum atomic E-state index is 11.8. The lowest BCUT2D eigenvalue weighted by molar-refractivity contribution is -0.121. The second-order valence-corrected chi connectivity index (χ2v) is 4.85. The third-order valence-corrected chi connectivity index (χ3v) is 3.15. The maximum absolute atomic E-state index is 11.8. The molecule has 1 fully saturated rings. The van der Waals surface area contributed by atoms with Gasteiger partial charge in [0, 0.05) is 17.6 Å². The van der Waals surface area contributed by atoms with Crippen LogP contribution >= 0.6 is 24.0 Å². The summed E-state index contributed by atoms with van der Waals surface area (Å²) in [6.07, 6.45) is 2.59. The van der Waals surface area contributed by atoms with Crippen molar-refractivity contribution in [3.63, 3.8) is 0 Å². The average molecular weight is 289 g/mol. The van der Waals surface area contributed by atoms with E-state index in [0.717, 1.165) is 31.5 Å². The number of hydrogen-bond donors (Lipinski definition) is 2. The molecule has 1 aliphatic rings. The van der Waals surface area contributed by atoms with Crippen LogP contribution in [-0.4, -0.2) is 25.0 Å².